The molecule has 2 aromatic heterocycles. The van der Waals surface area contributed by atoms with Crippen LogP contribution in [0.1, 0.15) is 40.7 Å². The van der Waals surface area contributed by atoms with Crippen molar-refractivity contribution in [2.24, 2.45) is 0 Å². The number of fused-ring (bicyclic) bond motifs is 1. The van der Waals surface area contributed by atoms with E-state index in [4.69, 9.17) is 0 Å². The first-order chi connectivity index (χ1) is 11.5. The summed E-state index contributed by atoms with van der Waals surface area (Å²) in [5.74, 6) is 1.31. The van der Waals surface area contributed by atoms with Crippen LogP contribution in [-0.2, 0) is 22.3 Å². The van der Waals surface area contributed by atoms with Crippen molar-refractivity contribution in [3.05, 3.63) is 46.2 Å². The number of aromatic nitrogens is 4. The lowest BCUT2D eigenvalue weighted by Gasteiger charge is -2.07. The molecule has 24 heavy (non-hydrogen) atoms. The molecule has 0 spiro atoms. The van der Waals surface area contributed by atoms with Gasteiger partial charge < -0.3 is 0 Å². The van der Waals surface area contributed by atoms with Crippen molar-refractivity contribution in [1.29, 1.82) is 0 Å². The van der Waals surface area contributed by atoms with Gasteiger partial charge in [0.2, 0.25) is 15.0 Å². The van der Waals surface area contributed by atoms with E-state index < -0.39 is 10.0 Å². The van der Waals surface area contributed by atoms with Gasteiger partial charge in [-0.1, -0.05) is 35.6 Å². The Morgan fingerprint density at radius 3 is 2.83 bits per heavy atom. The number of nitrogens with zero attached hydrogens (tertiary/aromatic N) is 4. The molecular formula is C15H17N5O2S2. The summed E-state index contributed by atoms with van der Waals surface area (Å²) in [5, 5.41) is 13.4. The van der Waals surface area contributed by atoms with E-state index >= 15 is 0 Å². The van der Waals surface area contributed by atoms with E-state index in [2.05, 4.69) is 20.0 Å². The first kappa shape index (κ1) is 15.7. The Morgan fingerprint density at radius 1 is 1.29 bits per heavy atom. The summed E-state index contributed by atoms with van der Waals surface area (Å²) in [7, 11) is -3.42. The fraction of sp³-hybridized carbons (Fsp3) is 0.400. The Morgan fingerprint density at radius 2 is 2.08 bits per heavy atom. The average molecular weight is 363 g/mol. The van der Waals surface area contributed by atoms with Crippen molar-refractivity contribution in [2.45, 2.75) is 38.0 Å². The summed E-state index contributed by atoms with van der Waals surface area (Å²) in [6, 6.07) is 7.49. The summed E-state index contributed by atoms with van der Waals surface area (Å²) in [4.78, 5) is 0.713. The highest BCUT2D eigenvalue weighted by Gasteiger charge is 2.30. The Labute approximate surface area is 143 Å². The molecule has 0 bridgehead atoms. The molecule has 7 nitrogen and oxygen atoms in total. The van der Waals surface area contributed by atoms with E-state index in [9.17, 15) is 8.42 Å². The minimum atomic E-state index is -3.42. The second kappa shape index (κ2) is 5.91. The van der Waals surface area contributed by atoms with Gasteiger partial charge in [-0.25, -0.2) is 13.1 Å². The molecule has 1 aliphatic carbocycles. The van der Waals surface area contributed by atoms with Crippen molar-refractivity contribution in [2.75, 3.05) is 0 Å². The van der Waals surface area contributed by atoms with Crippen LogP contribution in [0.3, 0.4) is 0 Å². The van der Waals surface area contributed by atoms with Gasteiger partial charge in [-0.3, -0.25) is 0 Å². The van der Waals surface area contributed by atoms with Crippen molar-refractivity contribution in [3.63, 3.8) is 0 Å². The number of benzene rings is 1. The third-order valence-electron chi connectivity index (χ3n) is 4.05. The van der Waals surface area contributed by atoms with Gasteiger partial charge in [0.15, 0.2) is 5.82 Å². The maximum absolute atomic E-state index is 12.3. The fourth-order valence-corrected chi connectivity index (χ4v) is 4.60. The standard InChI is InChI=1S/C15H17N5O2S2/c1-10-4-2-3-5-12(10)9-24(21,22)16-8-13-19-20-14(11-6-7-11)17-18-15(20)23-13/h2-5,11,16H,6-9H2,1H3. The van der Waals surface area contributed by atoms with Gasteiger partial charge in [0.05, 0.1) is 12.3 Å². The third-order valence-corrected chi connectivity index (χ3v) is 6.22. The number of rotatable bonds is 6. The molecule has 0 saturated heterocycles. The summed E-state index contributed by atoms with van der Waals surface area (Å²) in [5.41, 5.74) is 1.77. The van der Waals surface area contributed by atoms with Crippen LogP contribution >= 0.6 is 11.3 Å². The lowest BCUT2D eigenvalue weighted by molar-refractivity contribution is 0.579. The van der Waals surface area contributed by atoms with E-state index in [1.807, 2.05) is 31.2 Å². The van der Waals surface area contributed by atoms with Crippen LogP contribution in [0.25, 0.3) is 4.96 Å². The predicted molar refractivity (Wildman–Crippen MR) is 91.3 cm³/mol. The smallest absolute Gasteiger partial charge is 0.212 e. The second-order valence-electron chi connectivity index (χ2n) is 6.03. The zero-order chi connectivity index (χ0) is 16.7. The van der Waals surface area contributed by atoms with Crippen molar-refractivity contribution < 1.29 is 8.42 Å². The number of nitrogens with one attached hydrogen (secondary N) is 1. The zero-order valence-electron chi connectivity index (χ0n) is 13.1. The molecule has 4 rings (SSSR count). The Balaban J connectivity index is 1.46. The minimum absolute atomic E-state index is 0.0307. The van der Waals surface area contributed by atoms with E-state index in [0.717, 1.165) is 29.8 Å². The van der Waals surface area contributed by atoms with Crippen molar-refractivity contribution in [3.8, 4) is 0 Å². The summed E-state index contributed by atoms with van der Waals surface area (Å²) in [6.45, 7) is 2.08. The molecule has 1 saturated carbocycles. The lowest BCUT2D eigenvalue weighted by atomic mass is 10.1. The summed E-state index contributed by atoms with van der Waals surface area (Å²) < 4.78 is 29.0. The molecule has 3 aromatic rings. The molecule has 0 radical (unpaired) electrons. The first-order valence-electron chi connectivity index (χ1n) is 7.75. The molecule has 1 aromatic carbocycles. The topological polar surface area (TPSA) is 89.2 Å². The molecule has 0 unspecified atom stereocenters. The van der Waals surface area contributed by atoms with Crippen LogP contribution in [0.5, 0.6) is 0 Å². The van der Waals surface area contributed by atoms with Crippen LogP contribution in [0.15, 0.2) is 24.3 Å². The normalized spacial score (nSPS) is 15.2. The van der Waals surface area contributed by atoms with E-state index in [-0.39, 0.29) is 12.3 Å². The summed E-state index contributed by atoms with van der Waals surface area (Å²) >= 11 is 1.36. The van der Waals surface area contributed by atoms with Crippen molar-refractivity contribution in [1.82, 2.24) is 24.5 Å². The minimum Gasteiger partial charge on any atom is -0.212 e. The second-order valence-corrected chi connectivity index (χ2v) is 8.88. The van der Waals surface area contributed by atoms with E-state index in [0.29, 0.717) is 15.9 Å². The molecule has 2 heterocycles. The van der Waals surface area contributed by atoms with Gasteiger partial charge in [0.1, 0.15) is 5.01 Å². The fourth-order valence-electron chi connectivity index (χ4n) is 2.54. The highest BCUT2D eigenvalue weighted by atomic mass is 32.2. The van der Waals surface area contributed by atoms with Crippen LogP contribution in [0.4, 0.5) is 0 Å². The van der Waals surface area contributed by atoms with Gasteiger partial charge in [0.25, 0.3) is 0 Å². The van der Waals surface area contributed by atoms with Gasteiger partial charge in [-0.05, 0) is 30.9 Å². The van der Waals surface area contributed by atoms with E-state index in [1.165, 1.54) is 11.3 Å². The van der Waals surface area contributed by atoms with Gasteiger partial charge in [-0.2, -0.15) is 9.61 Å². The molecule has 1 fully saturated rings. The number of aryl methyl sites for hydroxylation is 1. The SMILES string of the molecule is Cc1ccccc1CS(=O)(=O)NCc1nn2c(C3CC3)nnc2s1. The first-order valence-corrected chi connectivity index (χ1v) is 10.2. The van der Waals surface area contributed by atoms with Gasteiger partial charge in [0, 0.05) is 5.92 Å². The number of hydrogen-bond donors (Lipinski definition) is 1. The summed E-state index contributed by atoms with van der Waals surface area (Å²) in [6.07, 6.45) is 2.24. The molecule has 0 atom stereocenters. The van der Waals surface area contributed by atoms with E-state index in [1.54, 1.807) is 4.52 Å². The molecule has 1 N–H and O–H groups in total. The maximum Gasteiger partial charge on any atom is 0.234 e. The zero-order valence-corrected chi connectivity index (χ0v) is 14.8. The Kier molecular flexibility index (Phi) is 3.86. The molecule has 1 aliphatic rings. The number of sulfonamides is 1. The van der Waals surface area contributed by atoms with Crippen molar-refractivity contribution >= 4 is 26.3 Å². The molecule has 0 aliphatic heterocycles. The average Bonchev–Trinajstić information content (AvgIpc) is 3.17. The molecular weight excluding hydrogens is 346 g/mol. The maximum atomic E-state index is 12.3. The Bertz CT molecular complexity index is 988. The highest BCUT2D eigenvalue weighted by molar-refractivity contribution is 7.88. The van der Waals surface area contributed by atoms with Gasteiger partial charge >= 0.3 is 0 Å². The lowest BCUT2D eigenvalue weighted by Crippen LogP contribution is -2.25. The van der Waals surface area contributed by atoms with Crippen LogP contribution < -0.4 is 4.72 Å². The quantitative estimate of drug-likeness (QED) is 0.723. The predicted octanol–water partition coefficient (Wildman–Crippen LogP) is 1.99. The number of hydrogen-bond acceptors (Lipinski definition) is 6. The molecule has 0 amide bonds. The van der Waals surface area contributed by atoms with Crippen LogP contribution in [-0.4, -0.2) is 28.2 Å². The largest absolute Gasteiger partial charge is 0.234 e. The monoisotopic (exact) mass is 363 g/mol. The highest BCUT2D eigenvalue weighted by Crippen LogP contribution is 2.39. The van der Waals surface area contributed by atoms with Gasteiger partial charge in [-0.15, -0.1) is 10.2 Å². The molecule has 126 valence electrons. The van der Waals surface area contributed by atoms with Crippen LogP contribution in [0.2, 0.25) is 0 Å². The third kappa shape index (κ3) is 3.19. The Hall–Kier alpha value is -1.84. The molecule has 9 heteroatoms. The van der Waals surface area contributed by atoms with Crippen LogP contribution in [0, 0.1) is 6.92 Å².